The predicted molar refractivity (Wildman–Crippen MR) is 67.8 cm³/mol. The van der Waals surface area contributed by atoms with Crippen LogP contribution in [0.1, 0.15) is 19.8 Å². The second kappa shape index (κ2) is 5.62. The largest absolute Gasteiger partial charge is 0.343 e. The highest BCUT2D eigenvalue weighted by atomic mass is 16.2. The van der Waals surface area contributed by atoms with Gasteiger partial charge in [0.1, 0.15) is 0 Å². The van der Waals surface area contributed by atoms with E-state index in [0.29, 0.717) is 13.1 Å². The predicted octanol–water partition coefficient (Wildman–Crippen LogP) is 1.28. The van der Waals surface area contributed by atoms with Gasteiger partial charge in [-0.2, -0.15) is 0 Å². The number of aromatic nitrogens is 1. The number of rotatable bonds is 2. The van der Waals surface area contributed by atoms with E-state index < -0.39 is 0 Å². The summed E-state index contributed by atoms with van der Waals surface area (Å²) in [6.07, 6.45) is 4.76. The normalized spacial score (nSPS) is 16.4. The number of likely N-dealkylation sites (tertiary alicyclic amines) is 1. The second-order valence-electron chi connectivity index (χ2n) is 4.51. The number of carbonyl (C=O) groups excluding carboxylic acids is 2. The number of piperidine rings is 1. The zero-order valence-corrected chi connectivity index (χ0v) is 10.4. The summed E-state index contributed by atoms with van der Waals surface area (Å²) < 4.78 is 0. The minimum Gasteiger partial charge on any atom is -0.343 e. The van der Waals surface area contributed by atoms with E-state index in [4.69, 9.17) is 0 Å². The Morgan fingerprint density at radius 3 is 2.44 bits per heavy atom. The summed E-state index contributed by atoms with van der Waals surface area (Å²) in [4.78, 5) is 28.9. The zero-order chi connectivity index (χ0) is 13.0. The van der Waals surface area contributed by atoms with Crippen molar-refractivity contribution in [2.75, 3.05) is 18.4 Å². The van der Waals surface area contributed by atoms with E-state index in [-0.39, 0.29) is 17.7 Å². The first-order valence-electron chi connectivity index (χ1n) is 6.13. The highest BCUT2D eigenvalue weighted by molar-refractivity contribution is 5.92. The molecular formula is C13H17N3O2. The first-order chi connectivity index (χ1) is 8.66. The molecule has 2 amide bonds. The van der Waals surface area contributed by atoms with Crippen molar-refractivity contribution in [3.05, 3.63) is 24.5 Å². The van der Waals surface area contributed by atoms with Crippen molar-refractivity contribution in [3.63, 3.8) is 0 Å². The summed E-state index contributed by atoms with van der Waals surface area (Å²) in [6.45, 7) is 2.91. The molecule has 0 bridgehead atoms. The van der Waals surface area contributed by atoms with Crippen molar-refractivity contribution in [1.82, 2.24) is 9.88 Å². The van der Waals surface area contributed by atoms with Crippen LogP contribution in [0.4, 0.5) is 5.69 Å². The van der Waals surface area contributed by atoms with Gasteiger partial charge in [0.2, 0.25) is 11.8 Å². The van der Waals surface area contributed by atoms with Gasteiger partial charge in [-0.3, -0.25) is 14.6 Å². The highest BCUT2D eigenvalue weighted by Gasteiger charge is 2.25. The van der Waals surface area contributed by atoms with E-state index in [2.05, 4.69) is 10.3 Å². The summed E-state index contributed by atoms with van der Waals surface area (Å²) in [5.74, 6) is 0.112. The lowest BCUT2D eigenvalue weighted by Crippen LogP contribution is -2.40. The van der Waals surface area contributed by atoms with Crippen LogP contribution in [0.5, 0.6) is 0 Å². The fraction of sp³-hybridized carbons (Fsp3) is 0.462. The Morgan fingerprint density at radius 2 is 1.89 bits per heavy atom. The minimum atomic E-state index is -0.00577. The molecule has 1 aromatic heterocycles. The molecule has 0 atom stereocenters. The van der Waals surface area contributed by atoms with Crippen molar-refractivity contribution < 1.29 is 9.59 Å². The summed E-state index contributed by atoms with van der Waals surface area (Å²) >= 11 is 0. The Bertz CT molecular complexity index is 425. The van der Waals surface area contributed by atoms with Gasteiger partial charge in [-0.05, 0) is 25.0 Å². The fourth-order valence-electron chi connectivity index (χ4n) is 2.14. The molecule has 1 saturated heterocycles. The second-order valence-corrected chi connectivity index (χ2v) is 4.51. The average molecular weight is 247 g/mol. The first-order valence-corrected chi connectivity index (χ1v) is 6.13. The summed E-state index contributed by atoms with van der Waals surface area (Å²) in [5, 5.41) is 2.87. The number of pyridine rings is 1. The third-order valence-electron chi connectivity index (χ3n) is 3.26. The molecule has 18 heavy (non-hydrogen) atoms. The monoisotopic (exact) mass is 247 g/mol. The van der Waals surface area contributed by atoms with E-state index >= 15 is 0 Å². The molecule has 0 aromatic carbocycles. The number of amides is 2. The van der Waals surface area contributed by atoms with Gasteiger partial charge in [0.25, 0.3) is 0 Å². The smallest absolute Gasteiger partial charge is 0.227 e. The van der Waals surface area contributed by atoms with Crippen LogP contribution < -0.4 is 5.32 Å². The maximum atomic E-state index is 12.0. The number of nitrogens with one attached hydrogen (secondary N) is 1. The fourth-order valence-corrected chi connectivity index (χ4v) is 2.14. The molecule has 0 unspecified atom stereocenters. The number of nitrogens with zero attached hydrogens (tertiary/aromatic N) is 2. The number of hydrogen-bond donors (Lipinski definition) is 1. The van der Waals surface area contributed by atoms with Crippen molar-refractivity contribution in [2.24, 2.45) is 5.92 Å². The van der Waals surface area contributed by atoms with Crippen LogP contribution >= 0.6 is 0 Å². The lowest BCUT2D eigenvalue weighted by atomic mass is 9.96. The molecular weight excluding hydrogens is 230 g/mol. The molecule has 1 aliphatic heterocycles. The molecule has 0 spiro atoms. The number of anilines is 1. The van der Waals surface area contributed by atoms with Gasteiger partial charge in [-0.25, -0.2) is 0 Å². The standard InChI is InChI=1S/C13H17N3O2/c1-10(17)16-8-4-11(5-9-16)13(18)15-12-2-6-14-7-3-12/h2-3,6-7,11H,4-5,8-9H2,1H3,(H,14,15,18). The molecule has 0 radical (unpaired) electrons. The SMILES string of the molecule is CC(=O)N1CCC(C(=O)Nc2ccncc2)CC1. The molecule has 5 heteroatoms. The molecule has 2 heterocycles. The minimum absolute atomic E-state index is 0.00577. The lowest BCUT2D eigenvalue weighted by Gasteiger charge is -2.30. The molecule has 1 aromatic rings. The van der Waals surface area contributed by atoms with Crippen LogP contribution in [-0.2, 0) is 9.59 Å². The Balaban J connectivity index is 1.86. The molecule has 1 aliphatic rings. The van der Waals surface area contributed by atoms with Gasteiger partial charge in [0.15, 0.2) is 0 Å². The molecule has 0 aliphatic carbocycles. The van der Waals surface area contributed by atoms with Crippen LogP contribution in [0.2, 0.25) is 0 Å². The Kier molecular flexibility index (Phi) is 3.92. The van der Waals surface area contributed by atoms with Gasteiger partial charge >= 0.3 is 0 Å². The molecule has 5 nitrogen and oxygen atoms in total. The van der Waals surface area contributed by atoms with Crippen molar-refractivity contribution in [2.45, 2.75) is 19.8 Å². The third kappa shape index (κ3) is 3.06. The van der Waals surface area contributed by atoms with Crippen LogP contribution in [0, 0.1) is 5.92 Å². The topological polar surface area (TPSA) is 62.3 Å². The first kappa shape index (κ1) is 12.5. The molecule has 1 N–H and O–H groups in total. The van der Waals surface area contributed by atoms with E-state index in [0.717, 1.165) is 18.5 Å². The molecule has 2 rings (SSSR count). The molecule has 96 valence electrons. The Labute approximate surface area is 106 Å². The number of carbonyl (C=O) groups is 2. The van der Waals surface area contributed by atoms with Crippen LogP contribution in [0.15, 0.2) is 24.5 Å². The van der Waals surface area contributed by atoms with E-state index in [1.165, 1.54) is 0 Å². The van der Waals surface area contributed by atoms with Gasteiger partial charge < -0.3 is 10.2 Å². The van der Waals surface area contributed by atoms with Crippen LogP contribution in [0.3, 0.4) is 0 Å². The van der Waals surface area contributed by atoms with Crippen molar-refractivity contribution in [3.8, 4) is 0 Å². The van der Waals surface area contributed by atoms with E-state index in [1.807, 2.05) is 0 Å². The van der Waals surface area contributed by atoms with Gasteiger partial charge in [-0.15, -0.1) is 0 Å². The summed E-state index contributed by atoms with van der Waals surface area (Å²) in [7, 11) is 0. The summed E-state index contributed by atoms with van der Waals surface area (Å²) in [5.41, 5.74) is 0.768. The highest BCUT2D eigenvalue weighted by Crippen LogP contribution is 2.19. The maximum Gasteiger partial charge on any atom is 0.227 e. The van der Waals surface area contributed by atoms with Gasteiger partial charge in [0.05, 0.1) is 0 Å². The third-order valence-corrected chi connectivity index (χ3v) is 3.26. The zero-order valence-electron chi connectivity index (χ0n) is 10.4. The molecule has 1 fully saturated rings. The number of hydrogen-bond acceptors (Lipinski definition) is 3. The van der Waals surface area contributed by atoms with E-state index in [1.54, 1.807) is 36.4 Å². The summed E-state index contributed by atoms with van der Waals surface area (Å²) in [6, 6.07) is 3.53. The van der Waals surface area contributed by atoms with Crippen LogP contribution in [-0.4, -0.2) is 34.8 Å². The average Bonchev–Trinajstić information content (AvgIpc) is 2.40. The van der Waals surface area contributed by atoms with Crippen molar-refractivity contribution in [1.29, 1.82) is 0 Å². The Morgan fingerprint density at radius 1 is 1.28 bits per heavy atom. The lowest BCUT2D eigenvalue weighted by molar-refractivity contribution is -0.132. The van der Waals surface area contributed by atoms with Gasteiger partial charge in [0, 0.05) is 44.0 Å². The van der Waals surface area contributed by atoms with Crippen LogP contribution in [0.25, 0.3) is 0 Å². The quantitative estimate of drug-likeness (QED) is 0.856. The maximum absolute atomic E-state index is 12.0. The Hall–Kier alpha value is -1.91. The van der Waals surface area contributed by atoms with Gasteiger partial charge in [-0.1, -0.05) is 0 Å². The molecule has 0 saturated carbocycles. The van der Waals surface area contributed by atoms with Crippen molar-refractivity contribution >= 4 is 17.5 Å². The van der Waals surface area contributed by atoms with E-state index in [9.17, 15) is 9.59 Å².